The maximum atomic E-state index is 5.85. The Hall–Kier alpha value is -0.540. The van der Waals surface area contributed by atoms with Gasteiger partial charge in [0, 0.05) is 0 Å². The zero-order chi connectivity index (χ0) is 10.6. The molecular weight excluding hydrogens is 223 g/mol. The standard InChI is InChI=1S/C9H12Cl2N2O/c1-6(2)3-4-14-7-5-12-13-9(11)8(7)10/h5-6H,3-4H2,1-2H3. The van der Waals surface area contributed by atoms with Gasteiger partial charge in [0.05, 0.1) is 12.8 Å². The maximum absolute atomic E-state index is 5.85. The Kier molecular flexibility index (Phi) is 4.42. The first-order chi connectivity index (χ1) is 6.61. The first-order valence-corrected chi connectivity index (χ1v) is 5.16. The predicted molar refractivity (Wildman–Crippen MR) is 57.0 cm³/mol. The lowest BCUT2D eigenvalue weighted by Crippen LogP contribution is -2.02. The Morgan fingerprint density at radius 3 is 2.79 bits per heavy atom. The summed E-state index contributed by atoms with van der Waals surface area (Å²) in [4.78, 5) is 0. The van der Waals surface area contributed by atoms with Gasteiger partial charge >= 0.3 is 0 Å². The first-order valence-electron chi connectivity index (χ1n) is 4.40. The molecule has 0 aromatic carbocycles. The van der Waals surface area contributed by atoms with Crippen LogP contribution in [0.25, 0.3) is 0 Å². The Labute approximate surface area is 93.4 Å². The van der Waals surface area contributed by atoms with Crippen LogP contribution in [0.4, 0.5) is 0 Å². The summed E-state index contributed by atoms with van der Waals surface area (Å²) in [5, 5.41) is 7.74. The summed E-state index contributed by atoms with van der Waals surface area (Å²) in [7, 11) is 0. The summed E-state index contributed by atoms with van der Waals surface area (Å²) in [6, 6.07) is 0. The monoisotopic (exact) mass is 234 g/mol. The highest BCUT2D eigenvalue weighted by Gasteiger charge is 2.07. The Morgan fingerprint density at radius 1 is 1.43 bits per heavy atom. The van der Waals surface area contributed by atoms with E-state index in [1.54, 1.807) is 0 Å². The summed E-state index contributed by atoms with van der Waals surface area (Å²) < 4.78 is 5.41. The summed E-state index contributed by atoms with van der Waals surface area (Å²) >= 11 is 11.5. The van der Waals surface area contributed by atoms with Crippen molar-refractivity contribution in [2.24, 2.45) is 5.92 Å². The van der Waals surface area contributed by atoms with Gasteiger partial charge in [0.15, 0.2) is 10.9 Å². The van der Waals surface area contributed by atoms with Crippen molar-refractivity contribution in [3.8, 4) is 5.75 Å². The van der Waals surface area contributed by atoms with Gasteiger partial charge in [-0.25, -0.2) is 0 Å². The number of ether oxygens (including phenoxy) is 1. The smallest absolute Gasteiger partial charge is 0.174 e. The lowest BCUT2D eigenvalue weighted by Gasteiger charge is -2.08. The molecule has 0 saturated heterocycles. The number of hydrogen-bond donors (Lipinski definition) is 0. The Morgan fingerprint density at radius 2 is 2.14 bits per heavy atom. The molecule has 0 fully saturated rings. The average Bonchev–Trinajstić information content (AvgIpc) is 2.12. The van der Waals surface area contributed by atoms with Crippen molar-refractivity contribution in [1.82, 2.24) is 10.2 Å². The molecule has 0 N–H and O–H groups in total. The van der Waals surface area contributed by atoms with Crippen molar-refractivity contribution >= 4 is 23.2 Å². The van der Waals surface area contributed by atoms with E-state index in [9.17, 15) is 0 Å². The highest BCUT2D eigenvalue weighted by Crippen LogP contribution is 2.28. The Balaban J connectivity index is 2.54. The topological polar surface area (TPSA) is 35.0 Å². The van der Waals surface area contributed by atoms with E-state index in [-0.39, 0.29) is 5.15 Å². The molecule has 0 aliphatic carbocycles. The molecule has 0 unspecified atom stereocenters. The van der Waals surface area contributed by atoms with E-state index >= 15 is 0 Å². The van der Waals surface area contributed by atoms with Crippen LogP contribution in [-0.2, 0) is 0 Å². The highest BCUT2D eigenvalue weighted by molar-refractivity contribution is 6.42. The number of rotatable bonds is 4. The van der Waals surface area contributed by atoms with Gasteiger partial charge in [-0.3, -0.25) is 0 Å². The molecule has 3 nitrogen and oxygen atoms in total. The average molecular weight is 235 g/mol. The van der Waals surface area contributed by atoms with Gasteiger partial charge in [0.25, 0.3) is 0 Å². The van der Waals surface area contributed by atoms with Crippen molar-refractivity contribution in [3.63, 3.8) is 0 Å². The molecule has 1 heterocycles. The molecule has 0 bridgehead atoms. The van der Waals surface area contributed by atoms with Crippen molar-refractivity contribution in [2.45, 2.75) is 20.3 Å². The Bertz CT molecular complexity index is 305. The third-order valence-electron chi connectivity index (χ3n) is 1.67. The molecule has 78 valence electrons. The fraction of sp³-hybridized carbons (Fsp3) is 0.556. The van der Waals surface area contributed by atoms with Crippen molar-refractivity contribution < 1.29 is 4.74 Å². The molecule has 0 aliphatic heterocycles. The molecule has 1 aromatic rings. The maximum Gasteiger partial charge on any atom is 0.174 e. The van der Waals surface area contributed by atoms with Crippen LogP contribution in [0.5, 0.6) is 5.75 Å². The number of nitrogens with zero attached hydrogens (tertiary/aromatic N) is 2. The molecule has 0 radical (unpaired) electrons. The second kappa shape index (κ2) is 5.37. The summed E-state index contributed by atoms with van der Waals surface area (Å²) in [5.74, 6) is 1.09. The molecule has 0 spiro atoms. The van der Waals surface area contributed by atoms with E-state index < -0.39 is 0 Å². The number of halogens is 2. The van der Waals surface area contributed by atoms with E-state index in [4.69, 9.17) is 27.9 Å². The molecular formula is C9H12Cl2N2O. The van der Waals surface area contributed by atoms with Crippen LogP contribution in [0.15, 0.2) is 6.20 Å². The van der Waals surface area contributed by atoms with Crippen LogP contribution >= 0.6 is 23.2 Å². The van der Waals surface area contributed by atoms with Crippen LogP contribution in [0, 0.1) is 5.92 Å². The highest BCUT2D eigenvalue weighted by atomic mass is 35.5. The van der Waals surface area contributed by atoms with Gasteiger partial charge in [0.2, 0.25) is 0 Å². The molecule has 0 atom stereocenters. The van der Waals surface area contributed by atoms with Crippen molar-refractivity contribution in [1.29, 1.82) is 0 Å². The van der Waals surface area contributed by atoms with E-state index in [0.717, 1.165) is 6.42 Å². The van der Waals surface area contributed by atoms with E-state index in [1.165, 1.54) is 6.20 Å². The third kappa shape index (κ3) is 3.31. The van der Waals surface area contributed by atoms with Crippen LogP contribution in [0.1, 0.15) is 20.3 Å². The third-order valence-corrected chi connectivity index (χ3v) is 2.40. The second-order valence-corrected chi connectivity index (χ2v) is 4.08. The largest absolute Gasteiger partial charge is 0.490 e. The van der Waals surface area contributed by atoms with E-state index in [0.29, 0.717) is 23.3 Å². The van der Waals surface area contributed by atoms with Crippen LogP contribution in [-0.4, -0.2) is 16.8 Å². The molecule has 14 heavy (non-hydrogen) atoms. The van der Waals surface area contributed by atoms with Crippen molar-refractivity contribution in [3.05, 3.63) is 16.4 Å². The summed E-state index contributed by atoms with van der Waals surface area (Å²) in [6.45, 7) is 4.87. The van der Waals surface area contributed by atoms with Gasteiger partial charge in [-0.2, -0.15) is 5.10 Å². The van der Waals surface area contributed by atoms with Gasteiger partial charge in [-0.15, -0.1) is 5.10 Å². The number of hydrogen-bond acceptors (Lipinski definition) is 3. The minimum atomic E-state index is 0.175. The van der Waals surface area contributed by atoms with Gasteiger partial charge in [-0.05, 0) is 12.3 Å². The lowest BCUT2D eigenvalue weighted by atomic mass is 10.1. The molecule has 5 heteroatoms. The summed E-state index contributed by atoms with van der Waals surface area (Å²) in [5.41, 5.74) is 0. The van der Waals surface area contributed by atoms with Crippen LogP contribution in [0.3, 0.4) is 0 Å². The van der Waals surface area contributed by atoms with Crippen molar-refractivity contribution in [2.75, 3.05) is 6.61 Å². The predicted octanol–water partition coefficient (Wildman–Crippen LogP) is 3.21. The quantitative estimate of drug-likeness (QED) is 0.803. The van der Waals surface area contributed by atoms with Crippen LogP contribution in [0.2, 0.25) is 10.2 Å². The van der Waals surface area contributed by atoms with E-state index in [1.807, 2.05) is 0 Å². The van der Waals surface area contributed by atoms with E-state index in [2.05, 4.69) is 24.0 Å². The lowest BCUT2D eigenvalue weighted by molar-refractivity contribution is 0.288. The summed E-state index contributed by atoms with van der Waals surface area (Å²) in [6.07, 6.45) is 2.44. The minimum Gasteiger partial charge on any atom is -0.490 e. The van der Waals surface area contributed by atoms with Crippen LogP contribution < -0.4 is 4.74 Å². The van der Waals surface area contributed by atoms with Gasteiger partial charge in [-0.1, -0.05) is 37.0 Å². The van der Waals surface area contributed by atoms with Gasteiger partial charge in [0.1, 0.15) is 5.02 Å². The zero-order valence-corrected chi connectivity index (χ0v) is 9.64. The molecule has 0 saturated carbocycles. The fourth-order valence-corrected chi connectivity index (χ4v) is 1.12. The minimum absolute atomic E-state index is 0.175. The van der Waals surface area contributed by atoms with Gasteiger partial charge < -0.3 is 4.74 Å². The number of aromatic nitrogens is 2. The fourth-order valence-electron chi connectivity index (χ4n) is 0.839. The second-order valence-electron chi connectivity index (χ2n) is 3.34. The molecule has 1 rings (SSSR count). The normalized spacial score (nSPS) is 10.6. The zero-order valence-electron chi connectivity index (χ0n) is 8.13. The first kappa shape index (κ1) is 11.5. The molecule has 1 aromatic heterocycles. The molecule has 0 aliphatic rings. The molecule has 0 amide bonds. The SMILES string of the molecule is CC(C)CCOc1cnnc(Cl)c1Cl.